The molecule has 1 unspecified atom stereocenters. The fraction of sp³-hybridized carbons (Fsp3) is 0.806. The van der Waals surface area contributed by atoms with Crippen LogP contribution in [0.25, 0.3) is 0 Å². The van der Waals surface area contributed by atoms with Crippen LogP contribution in [0.15, 0.2) is 13.2 Å². The molecule has 198 valence electrons. The smallest absolute Gasteiger partial charge is 0.110 e. The van der Waals surface area contributed by atoms with Crippen molar-refractivity contribution in [2.45, 2.75) is 138 Å². The summed E-state index contributed by atoms with van der Waals surface area (Å²) in [7, 11) is 2.04. The number of unbranched alkanes of at least 4 members (excludes halogenated alkanes) is 2. The Morgan fingerprint density at radius 3 is 1.70 bits per heavy atom. The lowest BCUT2D eigenvalue weighted by Crippen LogP contribution is -2.13. The van der Waals surface area contributed by atoms with Gasteiger partial charge in [-0.25, -0.2) is 0 Å². The summed E-state index contributed by atoms with van der Waals surface area (Å²) >= 11 is 0. The monoisotopic (exact) mass is 465 g/mol. The zero-order valence-corrected chi connectivity index (χ0v) is 24.2. The second-order valence-electron chi connectivity index (χ2n) is 8.59. The van der Waals surface area contributed by atoms with Gasteiger partial charge < -0.3 is 10.1 Å². The van der Waals surface area contributed by atoms with E-state index in [4.69, 9.17) is 11.2 Å². The molecule has 1 fully saturated rings. The van der Waals surface area contributed by atoms with E-state index in [0.717, 1.165) is 24.7 Å². The average Bonchev–Trinajstić information content (AvgIpc) is 2.85. The van der Waals surface area contributed by atoms with Gasteiger partial charge in [0.15, 0.2) is 0 Å². The molecule has 33 heavy (non-hydrogen) atoms. The van der Waals surface area contributed by atoms with Crippen molar-refractivity contribution < 1.29 is 4.74 Å². The highest BCUT2D eigenvalue weighted by Gasteiger charge is 2.12. The summed E-state index contributed by atoms with van der Waals surface area (Å²) in [6.07, 6.45) is 32.9. The van der Waals surface area contributed by atoms with Crippen molar-refractivity contribution in [2.75, 3.05) is 13.6 Å². The first-order valence-corrected chi connectivity index (χ1v) is 13.6. The van der Waals surface area contributed by atoms with Crippen LogP contribution in [0.4, 0.5) is 0 Å². The SMILES string of the molecule is C#C.C#COC1CCCCC1.C=C.CC.CCC.CNCCCCC(C)CCCCC(C)C. The minimum atomic E-state index is 0.365. The van der Waals surface area contributed by atoms with Gasteiger partial charge in [-0.2, -0.15) is 0 Å². The van der Waals surface area contributed by atoms with Crippen LogP contribution in [0.2, 0.25) is 0 Å². The Morgan fingerprint density at radius 1 is 0.879 bits per heavy atom. The number of nitrogens with one attached hydrogen (secondary N) is 1. The lowest BCUT2D eigenvalue weighted by atomic mass is 9.96. The summed E-state index contributed by atoms with van der Waals surface area (Å²) in [4.78, 5) is 0. The highest BCUT2D eigenvalue weighted by atomic mass is 16.5. The fourth-order valence-corrected chi connectivity index (χ4v) is 3.26. The van der Waals surface area contributed by atoms with Crippen molar-refractivity contribution in [2.24, 2.45) is 11.8 Å². The van der Waals surface area contributed by atoms with Crippen LogP contribution in [0.1, 0.15) is 132 Å². The second-order valence-corrected chi connectivity index (χ2v) is 8.59. The van der Waals surface area contributed by atoms with Gasteiger partial charge in [0.25, 0.3) is 0 Å². The predicted octanol–water partition coefficient (Wildman–Crippen LogP) is 9.65. The quantitative estimate of drug-likeness (QED) is 0.186. The fourth-order valence-electron chi connectivity index (χ4n) is 3.26. The van der Waals surface area contributed by atoms with Gasteiger partial charge in [-0.1, -0.05) is 106 Å². The zero-order chi connectivity index (χ0) is 26.8. The maximum atomic E-state index is 5.01. The Hall–Kier alpha value is -1.38. The molecule has 0 radical (unpaired) electrons. The van der Waals surface area contributed by atoms with Crippen LogP contribution in [0, 0.1) is 37.2 Å². The molecule has 1 saturated carbocycles. The normalized spacial score (nSPS) is 12.7. The molecule has 0 aromatic carbocycles. The molecule has 1 aliphatic carbocycles. The third-order valence-electron chi connectivity index (χ3n) is 4.89. The van der Waals surface area contributed by atoms with E-state index in [9.17, 15) is 0 Å². The molecular formula is C31H63NO. The highest BCUT2D eigenvalue weighted by molar-refractivity contribution is 4.75. The standard InChI is InChI=1S/C14H31N.C8H12O.C3H8.C2H6.C2H4.C2H2/c1-13(2)9-5-6-10-14(3)11-7-8-12-15-4;1-2-9-8-6-4-3-5-7-8;1-3-2;3*1-2/h13-15H,5-12H2,1-4H3;1,8H,3-7H2;3H2,1-2H3;1-2H3;1-2H2;1-2H. The minimum Gasteiger partial charge on any atom is -0.443 e. The summed E-state index contributed by atoms with van der Waals surface area (Å²) in [5.41, 5.74) is 0. The van der Waals surface area contributed by atoms with Gasteiger partial charge in [0.2, 0.25) is 0 Å². The van der Waals surface area contributed by atoms with E-state index < -0.39 is 0 Å². The highest BCUT2D eigenvalue weighted by Crippen LogP contribution is 2.19. The Labute approximate surface area is 212 Å². The van der Waals surface area contributed by atoms with E-state index in [1.54, 1.807) is 0 Å². The molecule has 0 aromatic heterocycles. The Morgan fingerprint density at radius 2 is 1.30 bits per heavy atom. The third-order valence-corrected chi connectivity index (χ3v) is 4.89. The summed E-state index contributed by atoms with van der Waals surface area (Å²) in [5, 5.41) is 3.21. The second kappa shape index (κ2) is 44.3. The van der Waals surface area contributed by atoms with E-state index in [0.29, 0.717) is 6.10 Å². The maximum absolute atomic E-state index is 5.01. The molecule has 0 amide bonds. The van der Waals surface area contributed by atoms with Crippen molar-refractivity contribution in [3.63, 3.8) is 0 Å². The maximum Gasteiger partial charge on any atom is 0.110 e. The van der Waals surface area contributed by atoms with Crippen molar-refractivity contribution >= 4 is 0 Å². The number of hydrogen-bond acceptors (Lipinski definition) is 2. The van der Waals surface area contributed by atoms with Crippen molar-refractivity contribution in [3.05, 3.63) is 13.2 Å². The molecule has 1 rings (SSSR count). The molecule has 0 spiro atoms. The number of ether oxygens (including phenoxy) is 1. The lowest BCUT2D eigenvalue weighted by Gasteiger charge is -2.18. The first-order valence-electron chi connectivity index (χ1n) is 13.6. The van der Waals surface area contributed by atoms with Crippen LogP contribution in [0.5, 0.6) is 0 Å². The van der Waals surface area contributed by atoms with Gasteiger partial charge in [-0.05, 0) is 57.5 Å². The Bertz CT molecular complexity index is 350. The predicted molar refractivity (Wildman–Crippen MR) is 155 cm³/mol. The molecule has 2 nitrogen and oxygen atoms in total. The van der Waals surface area contributed by atoms with Crippen molar-refractivity contribution in [3.8, 4) is 25.4 Å². The first kappa shape index (κ1) is 41.8. The molecule has 1 N–H and O–H groups in total. The van der Waals surface area contributed by atoms with Gasteiger partial charge in [0.1, 0.15) is 12.2 Å². The van der Waals surface area contributed by atoms with Crippen LogP contribution < -0.4 is 5.32 Å². The topological polar surface area (TPSA) is 21.3 Å². The van der Waals surface area contributed by atoms with Gasteiger partial charge in [0.05, 0.1) is 0 Å². The summed E-state index contributed by atoms with van der Waals surface area (Å²) in [6.45, 7) is 22.5. The first-order chi connectivity index (χ1) is 16.0. The lowest BCUT2D eigenvalue weighted by molar-refractivity contribution is 0.125. The van der Waals surface area contributed by atoms with Gasteiger partial charge in [-0.3, -0.25) is 0 Å². The minimum absolute atomic E-state index is 0.365. The molecule has 0 saturated heterocycles. The van der Waals surface area contributed by atoms with Crippen LogP contribution >= 0.6 is 0 Å². The number of hydrogen-bond donors (Lipinski definition) is 1. The molecule has 0 aromatic rings. The summed E-state index contributed by atoms with van der Waals surface area (Å²) in [5.74, 6) is 1.82. The molecule has 2 heteroatoms. The molecule has 1 aliphatic rings. The van der Waals surface area contributed by atoms with E-state index in [-0.39, 0.29) is 0 Å². The van der Waals surface area contributed by atoms with Crippen molar-refractivity contribution in [1.82, 2.24) is 5.32 Å². The molecule has 1 atom stereocenters. The van der Waals surface area contributed by atoms with Crippen LogP contribution in [-0.2, 0) is 4.74 Å². The largest absolute Gasteiger partial charge is 0.443 e. The molecule has 0 heterocycles. The van der Waals surface area contributed by atoms with Gasteiger partial charge in [0, 0.05) is 0 Å². The average molecular weight is 466 g/mol. The zero-order valence-electron chi connectivity index (χ0n) is 24.2. The molecule has 0 aliphatic heterocycles. The number of terminal acetylenes is 2. The molecule has 0 bridgehead atoms. The third kappa shape index (κ3) is 49.0. The summed E-state index contributed by atoms with van der Waals surface area (Å²) < 4.78 is 5.01. The molecular weight excluding hydrogens is 402 g/mol. The van der Waals surface area contributed by atoms with Crippen LogP contribution in [-0.4, -0.2) is 19.7 Å². The Balaban J connectivity index is -0.000000123. The Kier molecular flexibility index (Phi) is 56.2. The van der Waals surface area contributed by atoms with E-state index in [1.165, 1.54) is 77.2 Å². The van der Waals surface area contributed by atoms with Gasteiger partial charge in [-0.15, -0.1) is 26.0 Å². The summed E-state index contributed by atoms with van der Waals surface area (Å²) in [6, 6.07) is 0. The van der Waals surface area contributed by atoms with Gasteiger partial charge >= 0.3 is 0 Å². The van der Waals surface area contributed by atoms with E-state index in [2.05, 4.69) is 72.0 Å². The van der Waals surface area contributed by atoms with Crippen LogP contribution in [0.3, 0.4) is 0 Å². The van der Waals surface area contributed by atoms with Crippen molar-refractivity contribution in [1.29, 1.82) is 0 Å². The van der Waals surface area contributed by atoms with E-state index in [1.807, 2.05) is 20.9 Å². The number of rotatable bonds is 11. The van der Waals surface area contributed by atoms with E-state index >= 15 is 0 Å².